The standard InChI is InChI=1S/C73H134O6/c1-4-7-10-13-16-19-22-24-26-28-30-32-34-36-38-39-41-43-45-47-49-51-54-57-60-63-66-72(75)78-69-70(68-77-71(74)65-62-59-56-53-21-18-15-12-9-6-3)79-73(76)67-64-61-58-55-52-50-48-46-44-42-40-37-35-33-31-29-27-25-23-20-17-14-11-8-5-2/h8,11,17,20,25,27,31,33,70H,4-7,9-10,12-16,18-19,21-24,26,28-30,32,34-69H2,1-3H3/b11-8-,20-17-,27-25-,33-31-. The molecule has 0 bridgehead atoms. The van der Waals surface area contributed by atoms with Crippen molar-refractivity contribution in [2.24, 2.45) is 0 Å². The van der Waals surface area contributed by atoms with Crippen LogP contribution in [0.1, 0.15) is 380 Å². The molecule has 6 heteroatoms. The number of ether oxygens (including phenoxy) is 3. The van der Waals surface area contributed by atoms with E-state index < -0.39 is 6.10 Å². The van der Waals surface area contributed by atoms with E-state index in [1.54, 1.807) is 0 Å². The minimum Gasteiger partial charge on any atom is -0.462 e. The lowest BCUT2D eigenvalue weighted by molar-refractivity contribution is -0.167. The summed E-state index contributed by atoms with van der Waals surface area (Å²) >= 11 is 0. The van der Waals surface area contributed by atoms with E-state index in [1.807, 2.05) is 0 Å². The Bertz CT molecular complexity index is 1360. The van der Waals surface area contributed by atoms with E-state index in [2.05, 4.69) is 69.4 Å². The van der Waals surface area contributed by atoms with Gasteiger partial charge in [-0.15, -0.1) is 0 Å². The number of hydrogen-bond acceptors (Lipinski definition) is 6. The molecule has 0 aromatic rings. The first-order valence-electron chi connectivity index (χ1n) is 35.1. The van der Waals surface area contributed by atoms with Gasteiger partial charge in [-0.05, 0) is 57.8 Å². The molecule has 0 aliphatic carbocycles. The molecule has 0 aromatic heterocycles. The van der Waals surface area contributed by atoms with E-state index in [0.29, 0.717) is 19.3 Å². The van der Waals surface area contributed by atoms with Crippen molar-refractivity contribution >= 4 is 17.9 Å². The third kappa shape index (κ3) is 66.1. The zero-order chi connectivity index (χ0) is 57.1. The topological polar surface area (TPSA) is 78.9 Å². The second kappa shape index (κ2) is 67.9. The van der Waals surface area contributed by atoms with Crippen LogP contribution in [0.2, 0.25) is 0 Å². The molecular formula is C73H134O6. The van der Waals surface area contributed by atoms with Crippen molar-refractivity contribution in [2.75, 3.05) is 13.2 Å². The van der Waals surface area contributed by atoms with E-state index in [0.717, 1.165) is 83.5 Å². The van der Waals surface area contributed by atoms with Crippen LogP contribution in [0.15, 0.2) is 48.6 Å². The molecule has 0 saturated heterocycles. The highest BCUT2D eigenvalue weighted by atomic mass is 16.6. The Morgan fingerprint density at radius 3 is 0.772 bits per heavy atom. The molecule has 0 aliphatic heterocycles. The van der Waals surface area contributed by atoms with Crippen molar-refractivity contribution in [2.45, 2.75) is 386 Å². The molecule has 0 spiro atoms. The zero-order valence-corrected chi connectivity index (χ0v) is 53.2. The lowest BCUT2D eigenvalue weighted by Gasteiger charge is -2.18. The summed E-state index contributed by atoms with van der Waals surface area (Å²) in [5.74, 6) is -0.845. The number of esters is 3. The molecule has 0 N–H and O–H groups in total. The third-order valence-corrected chi connectivity index (χ3v) is 15.8. The lowest BCUT2D eigenvalue weighted by Crippen LogP contribution is -2.30. The first-order chi connectivity index (χ1) is 39.0. The van der Waals surface area contributed by atoms with Gasteiger partial charge in [-0.1, -0.05) is 352 Å². The molecule has 0 heterocycles. The fourth-order valence-corrected chi connectivity index (χ4v) is 10.6. The van der Waals surface area contributed by atoms with Gasteiger partial charge in [-0.3, -0.25) is 14.4 Å². The SMILES string of the molecule is CC/C=C\C/C=C\C/C=C\C/C=C\CCCCCCCCCCCCCCC(=O)OC(COC(=O)CCCCCCCCCCCC)COC(=O)CCCCCCCCCCCCCCCCCCCCCCCCCCCC. The van der Waals surface area contributed by atoms with Crippen LogP contribution in [0, 0.1) is 0 Å². The molecule has 0 rings (SSSR count). The fourth-order valence-electron chi connectivity index (χ4n) is 10.6. The van der Waals surface area contributed by atoms with Gasteiger partial charge in [-0.25, -0.2) is 0 Å². The monoisotopic (exact) mass is 1110 g/mol. The van der Waals surface area contributed by atoms with Gasteiger partial charge in [0.25, 0.3) is 0 Å². The molecule has 0 amide bonds. The molecule has 1 atom stereocenters. The number of unbranched alkanes of at least 4 members (excludes halogenated alkanes) is 46. The highest BCUT2D eigenvalue weighted by Gasteiger charge is 2.19. The van der Waals surface area contributed by atoms with E-state index >= 15 is 0 Å². The largest absolute Gasteiger partial charge is 0.462 e. The van der Waals surface area contributed by atoms with Crippen molar-refractivity contribution in [3.8, 4) is 0 Å². The average molecular weight is 1110 g/mol. The molecule has 0 saturated carbocycles. The molecular weight excluding hydrogens is 973 g/mol. The van der Waals surface area contributed by atoms with Gasteiger partial charge in [-0.2, -0.15) is 0 Å². The number of hydrogen-bond donors (Lipinski definition) is 0. The van der Waals surface area contributed by atoms with Crippen LogP contribution in [-0.2, 0) is 28.6 Å². The number of carbonyl (C=O) groups is 3. The fraction of sp³-hybridized carbons (Fsp3) is 0.849. The maximum Gasteiger partial charge on any atom is 0.306 e. The van der Waals surface area contributed by atoms with Crippen molar-refractivity contribution in [1.29, 1.82) is 0 Å². The van der Waals surface area contributed by atoms with Crippen molar-refractivity contribution in [1.82, 2.24) is 0 Å². The smallest absolute Gasteiger partial charge is 0.306 e. The van der Waals surface area contributed by atoms with Crippen LogP contribution in [0.5, 0.6) is 0 Å². The Morgan fingerprint density at radius 2 is 0.494 bits per heavy atom. The Hall–Kier alpha value is -2.63. The summed E-state index contributed by atoms with van der Waals surface area (Å²) in [6.07, 6.45) is 85.8. The summed E-state index contributed by atoms with van der Waals surface area (Å²) in [4.78, 5) is 38.3. The van der Waals surface area contributed by atoms with Crippen LogP contribution in [0.25, 0.3) is 0 Å². The van der Waals surface area contributed by atoms with E-state index in [-0.39, 0.29) is 31.1 Å². The van der Waals surface area contributed by atoms with Crippen LogP contribution in [-0.4, -0.2) is 37.2 Å². The Kier molecular flexibility index (Phi) is 65.6. The Morgan fingerprint density at radius 1 is 0.266 bits per heavy atom. The summed E-state index contributed by atoms with van der Waals surface area (Å²) in [5, 5.41) is 0. The Balaban J connectivity index is 4.15. The van der Waals surface area contributed by atoms with Crippen LogP contribution in [0.3, 0.4) is 0 Å². The second-order valence-electron chi connectivity index (χ2n) is 23.8. The lowest BCUT2D eigenvalue weighted by atomic mass is 10.0. The number of rotatable bonds is 65. The number of carbonyl (C=O) groups excluding carboxylic acids is 3. The van der Waals surface area contributed by atoms with Crippen molar-refractivity contribution in [3.05, 3.63) is 48.6 Å². The van der Waals surface area contributed by atoms with E-state index in [9.17, 15) is 14.4 Å². The molecule has 0 radical (unpaired) electrons. The first-order valence-corrected chi connectivity index (χ1v) is 35.1. The second-order valence-corrected chi connectivity index (χ2v) is 23.8. The van der Waals surface area contributed by atoms with Crippen LogP contribution < -0.4 is 0 Å². The third-order valence-electron chi connectivity index (χ3n) is 15.8. The van der Waals surface area contributed by atoms with Crippen molar-refractivity contribution < 1.29 is 28.6 Å². The van der Waals surface area contributed by atoms with Gasteiger partial charge in [0.05, 0.1) is 0 Å². The first kappa shape index (κ1) is 76.4. The maximum absolute atomic E-state index is 12.9. The summed E-state index contributed by atoms with van der Waals surface area (Å²) in [6.45, 7) is 6.58. The number of allylic oxidation sites excluding steroid dienone is 8. The molecule has 6 nitrogen and oxygen atoms in total. The summed E-state index contributed by atoms with van der Waals surface area (Å²) in [5.41, 5.74) is 0. The maximum atomic E-state index is 12.9. The molecule has 1 unspecified atom stereocenters. The van der Waals surface area contributed by atoms with Crippen molar-refractivity contribution in [3.63, 3.8) is 0 Å². The van der Waals surface area contributed by atoms with E-state index in [4.69, 9.17) is 14.2 Å². The van der Waals surface area contributed by atoms with Gasteiger partial charge >= 0.3 is 17.9 Å². The van der Waals surface area contributed by atoms with Gasteiger partial charge in [0.15, 0.2) is 6.10 Å². The normalized spacial score (nSPS) is 12.3. The molecule has 462 valence electrons. The van der Waals surface area contributed by atoms with Crippen LogP contribution >= 0.6 is 0 Å². The summed E-state index contributed by atoms with van der Waals surface area (Å²) < 4.78 is 17.0. The summed E-state index contributed by atoms with van der Waals surface area (Å²) in [6, 6.07) is 0. The molecule has 0 aliphatic rings. The predicted molar refractivity (Wildman–Crippen MR) is 344 cm³/mol. The zero-order valence-electron chi connectivity index (χ0n) is 53.2. The average Bonchev–Trinajstić information content (AvgIpc) is 3.45. The predicted octanol–water partition coefficient (Wildman–Crippen LogP) is 24.1. The minimum atomic E-state index is -0.771. The summed E-state index contributed by atoms with van der Waals surface area (Å²) in [7, 11) is 0. The molecule has 0 fully saturated rings. The van der Waals surface area contributed by atoms with E-state index in [1.165, 1.54) is 257 Å². The minimum absolute atomic E-state index is 0.0678. The van der Waals surface area contributed by atoms with Gasteiger partial charge < -0.3 is 14.2 Å². The van der Waals surface area contributed by atoms with Crippen LogP contribution in [0.4, 0.5) is 0 Å². The van der Waals surface area contributed by atoms with Gasteiger partial charge in [0, 0.05) is 19.3 Å². The highest BCUT2D eigenvalue weighted by molar-refractivity contribution is 5.71. The van der Waals surface area contributed by atoms with Gasteiger partial charge in [0.2, 0.25) is 0 Å². The molecule has 79 heavy (non-hydrogen) atoms. The highest BCUT2D eigenvalue weighted by Crippen LogP contribution is 2.19. The molecule has 0 aromatic carbocycles. The Labute approximate surface area is 492 Å². The quantitative estimate of drug-likeness (QED) is 0.0261. The van der Waals surface area contributed by atoms with Gasteiger partial charge in [0.1, 0.15) is 13.2 Å².